The van der Waals surface area contributed by atoms with Crippen LogP contribution in [0.15, 0.2) is 83.5 Å². The Morgan fingerprint density at radius 3 is 2.34 bits per heavy atom. The Hall–Kier alpha value is -3.37. The minimum absolute atomic E-state index is 0.0491. The zero-order chi connectivity index (χ0) is 22.7. The van der Waals surface area contributed by atoms with E-state index in [0.717, 1.165) is 16.7 Å². The van der Waals surface area contributed by atoms with Gasteiger partial charge in [-0.25, -0.2) is 9.79 Å². The Kier molecular flexibility index (Phi) is 6.15. The monoisotopic (exact) mass is 445 g/mol. The highest BCUT2D eigenvalue weighted by Gasteiger charge is 2.25. The number of nitrogens with zero attached hydrogens (tertiary/aromatic N) is 1. The highest BCUT2D eigenvalue weighted by Crippen LogP contribution is 2.27. The van der Waals surface area contributed by atoms with Crippen molar-refractivity contribution in [2.75, 3.05) is 0 Å². The summed E-state index contributed by atoms with van der Waals surface area (Å²) in [4.78, 5) is 16.9. The van der Waals surface area contributed by atoms with E-state index in [1.54, 1.807) is 6.08 Å². The lowest BCUT2D eigenvalue weighted by molar-refractivity contribution is -0.129. The van der Waals surface area contributed by atoms with Crippen molar-refractivity contribution in [2.24, 2.45) is 4.99 Å². The second-order valence-corrected chi connectivity index (χ2v) is 9.05. The van der Waals surface area contributed by atoms with Gasteiger partial charge in [-0.2, -0.15) is 0 Å². The van der Waals surface area contributed by atoms with Crippen LogP contribution in [0.2, 0.25) is 5.02 Å². The number of esters is 1. The second kappa shape index (κ2) is 9.01. The van der Waals surface area contributed by atoms with E-state index in [1.807, 2.05) is 72.8 Å². The van der Waals surface area contributed by atoms with Crippen LogP contribution in [-0.4, -0.2) is 11.9 Å². The maximum absolute atomic E-state index is 12.5. The van der Waals surface area contributed by atoms with Crippen LogP contribution in [0.25, 0.3) is 6.08 Å². The summed E-state index contributed by atoms with van der Waals surface area (Å²) in [5, 5.41) is 0.681. The molecule has 4 nitrogen and oxygen atoms in total. The number of cyclic esters (lactones) is 1. The number of benzene rings is 3. The zero-order valence-electron chi connectivity index (χ0n) is 18.3. The summed E-state index contributed by atoms with van der Waals surface area (Å²) < 4.78 is 11.4. The molecule has 0 spiro atoms. The summed E-state index contributed by atoms with van der Waals surface area (Å²) in [7, 11) is 0. The summed E-state index contributed by atoms with van der Waals surface area (Å²) in [6, 6.07) is 22.9. The average Bonchev–Trinajstić information content (AvgIpc) is 3.14. The smallest absolute Gasteiger partial charge is 0.363 e. The molecule has 0 saturated carbocycles. The molecule has 32 heavy (non-hydrogen) atoms. The van der Waals surface area contributed by atoms with Gasteiger partial charge >= 0.3 is 5.97 Å². The summed E-state index contributed by atoms with van der Waals surface area (Å²) >= 11 is 5.94. The lowest BCUT2D eigenvalue weighted by Gasteiger charge is -2.18. The fourth-order valence-electron chi connectivity index (χ4n) is 3.27. The van der Waals surface area contributed by atoms with Gasteiger partial charge in [-0.15, -0.1) is 0 Å². The van der Waals surface area contributed by atoms with Crippen LogP contribution in [0, 0.1) is 0 Å². The van der Waals surface area contributed by atoms with Crippen LogP contribution in [0.4, 0.5) is 0 Å². The Balaban J connectivity index is 1.55. The standard InChI is InChI=1S/C27H24ClNO3/c1-27(2,3)21-12-10-19(11-13-21)25-29-23(26(30)32-25)16-20-6-4-5-7-24(20)31-17-18-8-14-22(28)15-9-18/h4-16H,17H2,1-3H3/b23-16-. The SMILES string of the molecule is CC(C)(C)c1ccc(C2=N/C(=C\c3ccccc3OCc3ccc(Cl)cc3)C(=O)O2)cc1. The number of halogens is 1. The molecular formula is C27H24ClNO3. The van der Waals surface area contributed by atoms with E-state index >= 15 is 0 Å². The molecule has 0 bridgehead atoms. The normalized spacial score (nSPS) is 14.9. The first kappa shape index (κ1) is 21.8. The van der Waals surface area contributed by atoms with E-state index in [1.165, 1.54) is 5.56 Å². The second-order valence-electron chi connectivity index (χ2n) is 8.62. The molecule has 0 atom stereocenters. The topological polar surface area (TPSA) is 47.9 Å². The molecule has 0 N–H and O–H groups in total. The number of ether oxygens (including phenoxy) is 2. The van der Waals surface area contributed by atoms with Gasteiger partial charge in [-0.3, -0.25) is 0 Å². The number of para-hydroxylation sites is 1. The highest BCUT2D eigenvalue weighted by molar-refractivity contribution is 6.30. The number of hydrogen-bond donors (Lipinski definition) is 0. The molecule has 1 heterocycles. The average molecular weight is 446 g/mol. The van der Waals surface area contributed by atoms with Gasteiger partial charge in [0.25, 0.3) is 0 Å². The molecule has 0 unspecified atom stereocenters. The molecule has 0 saturated heterocycles. The lowest BCUT2D eigenvalue weighted by Crippen LogP contribution is -2.11. The summed E-state index contributed by atoms with van der Waals surface area (Å²) in [5.41, 5.74) is 4.00. The summed E-state index contributed by atoms with van der Waals surface area (Å²) in [5.74, 6) is 0.481. The van der Waals surface area contributed by atoms with Crippen molar-refractivity contribution in [3.8, 4) is 5.75 Å². The van der Waals surface area contributed by atoms with E-state index in [2.05, 4.69) is 25.8 Å². The van der Waals surface area contributed by atoms with Gasteiger partial charge in [0.1, 0.15) is 12.4 Å². The highest BCUT2D eigenvalue weighted by atomic mass is 35.5. The number of carbonyl (C=O) groups excluding carboxylic acids is 1. The molecule has 1 aliphatic rings. The van der Waals surface area contributed by atoms with E-state index in [9.17, 15) is 4.79 Å². The van der Waals surface area contributed by atoms with Crippen LogP contribution < -0.4 is 4.74 Å². The van der Waals surface area contributed by atoms with E-state index in [0.29, 0.717) is 23.3 Å². The molecular weight excluding hydrogens is 422 g/mol. The molecule has 0 aromatic heterocycles. The fraction of sp³-hybridized carbons (Fsp3) is 0.185. The fourth-order valence-corrected chi connectivity index (χ4v) is 3.39. The molecule has 0 amide bonds. The number of hydrogen-bond acceptors (Lipinski definition) is 4. The summed E-state index contributed by atoms with van der Waals surface area (Å²) in [6.07, 6.45) is 1.69. The van der Waals surface area contributed by atoms with Crippen molar-refractivity contribution in [1.29, 1.82) is 0 Å². The minimum Gasteiger partial charge on any atom is -0.488 e. The lowest BCUT2D eigenvalue weighted by atomic mass is 9.87. The van der Waals surface area contributed by atoms with Gasteiger partial charge in [-0.05, 0) is 52.9 Å². The Morgan fingerprint density at radius 1 is 0.969 bits per heavy atom. The number of aliphatic imine (C=N–C) groups is 1. The van der Waals surface area contributed by atoms with Crippen LogP contribution in [-0.2, 0) is 21.6 Å². The molecule has 0 radical (unpaired) electrons. The molecule has 1 aliphatic heterocycles. The van der Waals surface area contributed by atoms with E-state index < -0.39 is 5.97 Å². The first-order chi connectivity index (χ1) is 15.3. The number of carbonyl (C=O) groups is 1. The third kappa shape index (κ3) is 5.09. The van der Waals surface area contributed by atoms with Crippen LogP contribution in [0.1, 0.15) is 43.0 Å². The van der Waals surface area contributed by atoms with Crippen LogP contribution in [0.5, 0.6) is 5.75 Å². The van der Waals surface area contributed by atoms with Gasteiger partial charge in [0.15, 0.2) is 5.70 Å². The third-order valence-corrected chi connectivity index (χ3v) is 5.39. The van der Waals surface area contributed by atoms with Crippen molar-refractivity contribution < 1.29 is 14.3 Å². The van der Waals surface area contributed by atoms with Gasteiger partial charge in [-0.1, -0.05) is 74.8 Å². The molecule has 0 fully saturated rings. The van der Waals surface area contributed by atoms with Crippen LogP contribution >= 0.6 is 11.6 Å². The maximum atomic E-state index is 12.5. The molecule has 4 rings (SSSR count). The quantitative estimate of drug-likeness (QED) is 0.330. The predicted molar refractivity (Wildman–Crippen MR) is 128 cm³/mol. The first-order valence-corrected chi connectivity index (χ1v) is 10.8. The summed E-state index contributed by atoms with van der Waals surface area (Å²) in [6.45, 7) is 6.85. The molecule has 5 heteroatoms. The van der Waals surface area contributed by atoms with Crippen molar-refractivity contribution in [3.05, 3.63) is 106 Å². The Labute approximate surface area is 193 Å². The zero-order valence-corrected chi connectivity index (χ0v) is 19.0. The van der Waals surface area contributed by atoms with Gasteiger partial charge in [0.2, 0.25) is 5.90 Å². The maximum Gasteiger partial charge on any atom is 0.363 e. The van der Waals surface area contributed by atoms with E-state index in [4.69, 9.17) is 21.1 Å². The van der Waals surface area contributed by atoms with Crippen LogP contribution in [0.3, 0.4) is 0 Å². The van der Waals surface area contributed by atoms with Gasteiger partial charge in [0, 0.05) is 16.1 Å². The van der Waals surface area contributed by atoms with Crippen molar-refractivity contribution in [1.82, 2.24) is 0 Å². The van der Waals surface area contributed by atoms with E-state index in [-0.39, 0.29) is 11.1 Å². The minimum atomic E-state index is -0.479. The number of rotatable bonds is 5. The molecule has 3 aromatic rings. The Bertz CT molecular complexity index is 1190. The van der Waals surface area contributed by atoms with Gasteiger partial charge < -0.3 is 9.47 Å². The van der Waals surface area contributed by atoms with Crippen molar-refractivity contribution in [2.45, 2.75) is 32.8 Å². The third-order valence-electron chi connectivity index (χ3n) is 5.14. The predicted octanol–water partition coefficient (Wildman–Crippen LogP) is 6.56. The first-order valence-electron chi connectivity index (χ1n) is 10.4. The largest absolute Gasteiger partial charge is 0.488 e. The van der Waals surface area contributed by atoms with Crippen molar-refractivity contribution >= 4 is 29.5 Å². The Morgan fingerprint density at radius 2 is 1.66 bits per heavy atom. The van der Waals surface area contributed by atoms with Crippen molar-refractivity contribution in [3.63, 3.8) is 0 Å². The molecule has 3 aromatic carbocycles. The molecule has 0 aliphatic carbocycles. The molecule has 162 valence electrons. The van der Waals surface area contributed by atoms with Gasteiger partial charge in [0.05, 0.1) is 0 Å².